The van der Waals surface area contributed by atoms with E-state index in [1.165, 1.54) is 11.3 Å². The van der Waals surface area contributed by atoms with E-state index in [0.29, 0.717) is 5.56 Å². The standard InChI is InChI=1S/C20H26N2O4S/c1-5-11-10(4)27-8-14(11)18(23)21-22-19(24)16-12-6-7-13(15(12)9(2)3)17(16)20(25)26/h8,12-13,16-17H,5-7H2,1-4H3,(H,21,23)(H,22,24)(H,25,26)/t12-,13+,16-,17-/m0/s1. The lowest BCUT2D eigenvalue weighted by atomic mass is 9.79. The first-order valence-electron chi connectivity index (χ1n) is 9.35. The van der Waals surface area contributed by atoms with Crippen molar-refractivity contribution in [1.29, 1.82) is 0 Å². The summed E-state index contributed by atoms with van der Waals surface area (Å²) in [5.74, 6) is -3.19. The highest BCUT2D eigenvalue weighted by atomic mass is 32.1. The molecule has 0 unspecified atom stereocenters. The van der Waals surface area contributed by atoms with Crippen molar-refractivity contribution in [1.82, 2.24) is 10.9 Å². The molecule has 0 aromatic carbocycles. The second-order valence-electron chi connectivity index (χ2n) is 7.62. The number of allylic oxidation sites excluding steroid dienone is 2. The third-order valence-corrected chi connectivity index (χ3v) is 6.96. The largest absolute Gasteiger partial charge is 0.481 e. The Kier molecular flexibility index (Phi) is 5.42. The van der Waals surface area contributed by atoms with Gasteiger partial charge in [0.25, 0.3) is 5.91 Å². The zero-order valence-electron chi connectivity index (χ0n) is 16.1. The number of aliphatic carboxylic acids is 1. The first-order chi connectivity index (χ1) is 12.8. The minimum absolute atomic E-state index is 0.0485. The molecule has 3 N–H and O–H groups in total. The number of carboxylic acid groups (broad SMARTS) is 1. The van der Waals surface area contributed by atoms with Gasteiger partial charge in [-0.2, -0.15) is 0 Å². The molecule has 2 amide bonds. The van der Waals surface area contributed by atoms with Crippen LogP contribution in [0.5, 0.6) is 0 Å². The summed E-state index contributed by atoms with van der Waals surface area (Å²) in [7, 11) is 0. The number of hydrazine groups is 1. The Morgan fingerprint density at radius 1 is 1.15 bits per heavy atom. The number of carboxylic acids is 1. The molecule has 1 aromatic heterocycles. The van der Waals surface area contributed by atoms with E-state index >= 15 is 0 Å². The van der Waals surface area contributed by atoms with Crippen molar-refractivity contribution in [2.45, 2.75) is 47.0 Å². The summed E-state index contributed by atoms with van der Waals surface area (Å²) in [6.07, 6.45) is 2.38. The van der Waals surface area contributed by atoms with E-state index < -0.39 is 23.7 Å². The number of amides is 2. The van der Waals surface area contributed by atoms with Crippen molar-refractivity contribution in [2.24, 2.45) is 23.7 Å². The van der Waals surface area contributed by atoms with Gasteiger partial charge in [-0.3, -0.25) is 25.2 Å². The number of carbonyl (C=O) groups is 3. The van der Waals surface area contributed by atoms with Gasteiger partial charge in [0.2, 0.25) is 5.91 Å². The highest BCUT2D eigenvalue weighted by Gasteiger charge is 2.57. The van der Waals surface area contributed by atoms with Gasteiger partial charge in [-0.25, -0.2) is 0 Å². The van der Waals surface area contributed by atoms with E-state index in [0.717, 1.165) is 40.8 Å². The van der Waals surface area contributed by atoms with Crippen molar-refractivity contribution in [3.8, 4) is 0 Å². The van der Waals surface area contributed by atoms with Crippen molar-refractivity contribution in [3.05, 3.63) is 32.5 Å². The lowest BCUT2D eigenvalue weighted by molar-refractivity contribution is -0.149. The minimum atomic E-state index is -0.936. The molecule has 1 heterocycles. The Morgan fingerprint density at radius 2 is 1.78 bits per heavy atom. The molecule has 2 aliphatic rings. The molecule has 2 aliphatic carbocycles. The molecule has 6 nitrogen and oxygen atoms in total. The quantitative estimate of drug-likeness (QED) is 0.544. The lowest BCUT2D eigenvalue weighted by Crippen LogP contribution is -2.48. The van der Waals surface area contributed by atoms with Gasteiger partial charge in [-0.15, -0.1) is 11.3 Å². The van der Waals surface area contributed by atoms with Crippen molar-refractivity contribution >= 4 is 29.1 Å². The topological polar surface area (TPSA) is 95.5 Å². The summed E-state index contributed by atoms with van der Waals surface area (Å²) < 4.78 is 0. The maximum Gasteiger partial charge on any atom is 0.307 e. The first-order valence-corrected chi connectivity index (χ1v) is 10.2. The summed E-state index contributed by atoms with van der Waals surface area (Å²) >= 11 is 1.50. The van der Waals surface area contributed by atoms with Crippen LogP contribution in [0.2, 0.25) is 0 Å². The minimum Gasteiger partial charge on any atom is -0.481 e. The molecular formula is C20H26N2O4S. The Bertz CT molecular complexity index is 822. The van der Waals surface area contributed by atoms with Crippen LogP contribution in [-0.4, -0.2) is 22.9 Å². The number of hydrogen-bond donors (Lipinski definition) is 3. The second-order valence-corrected chi connectivity index (χ2v) is 8.70. The number of carbonyl (C=O) groups excluding carboxylic acids is 2. The number of hydrogen-bond acceptors (Lipinski definition) is 4. The molecule has 1 aromatic rings. The molecule has 0 aliphatic heterocycles. The van der Waals surface area contributed by atoms with Crippen LogP contribution in [0.15, 0.2) is 16.5 Å². The number of aryl methyl sites for hydroxylation is 1. The van der Waals surface area contributed by atoms with E-state index in [1.807, 2.05) is 27.7 Å². The third kappa shape index (κ3) is 3.29. The normalized spacial score (nSPS) is 26.1. The van der Waals surface area contributed by atoms with E-state index in [-0.39, 0.29) is 17.7 Å². The zero-order chi connectivity index (χ0) is 19.9. The van der Waals surface area contributed by atoms with Crippen LogP contribution >= 0.6 is 11.3 Å². The van der Waals surface area contributed by atoms with Gasteiger partial charge in [-0.05, 0) is 57.4 Å². The fourth-order valence-corrected chi connectivity index (χ4v) is 5.92. The van der Waals surface area contributed by atoms with Crippen LogP contribution in [0.25, 0.3) is 0 Å². The summed E-state index contributed by atoms with van der Waals surface area (Å²) in [5, 5.41) is 11.5. The molecule has 0 radical (unpaired) electrons. The molecule has 2 saturated carbocycles. The molecule has 2 fully saturated rings. The Labute approximate surface area is 163 Å². The van der Waals surface area contributed by atoms with E-state index in [9.17, 15) is 19.5 Å². The zero-order valence-corrected chi connectivity index (χ0v) is 16.9. The monoisotopic (exact) mass is 390 g/mol. The van der Waals surface area contributed by atoms with Gasteiger partial charge in [0.05, 0.1) is 17.4 Å². The number of fused-ring (bicyclic) bond motifs is 2. The average Bonchev–Trinajstić information content (AvgIpc) is 3.29. The maximum atomic E-state index is 12.8. The van der Waals surface area contributed by atoms with Crippen molar-refractivity contribution in [2.75, 3.05) is 0 Å². The van der Waals surface area contributed by atoms with Crippen LogP contribution in [0.3, 0.4) is 0 Å². The Balaban J connectivity index is 1.75. The molecule has 27 heavy (non-hydrogen) atoms. The van der Waals surface area contributed by atoms with E-state index in [1.54, 1.807) is 5.38 Å². The number of rotatable bonds is 4. The summed E-state index contributed by atoms with van der Waals surface area (Å²) in [5.41, 5.74) is 8.74. The van der Waals surface area contributed by atoms with Crippen LogP contribution in [0.4, 0.5) is 0 Å². The molecule has 146 valence electrons. The molecule has 2 bridgehead atoms. The molecule has 0 saturated heterocycles. The fourth-order valence-electron chi connectivity index (χ4n) is 4.98. The van der Waals surface area contributed by atoms with Crippen LogP contribution < -0.4 is 10.9 Å². The first kappa shape index (κ1) is 19.6. The van der Waals surface area contributed by atoms with Crippen LogP contribution in [0.1, 0.15) is 54.4 Å². The van der Waals surface area contributed by atoms with Crippen LogP contribution in [-0.2, 0) is 16.0 Å². The van der Waals surface area contributed by atoms with Gasteiger partial charge in [0, 0.05) is 10.3 Å². The lowest BCUT2D eigenvalue weighted by Gasteiger charge is -2.26. The SMILES string of the molecule is CCc1c(C(=O)NNC(=O)[C@@H]2[C@@H](C(=O)O)[C@@H]3CC[C@H]2C3=C(C)C)csc1C. The highest BCUT2D eigenvalue weighted by Crippen LogP contribution is 2.57. The van der Waals surface area contributed by atoms with E-state index in [2.05, 4.69) is 10.9 Å². The predicted molar refractivity (Wildman–Crippen MR) is 103 cm³/mol. The molecule has 7 heteroatoms. The highest BCUT2D eigenvalue weighted by molar-refractivity contribution is 7.10. The average molecular weight is 391 g/mol. The summed E-state index contributed by atoms with van der Waals surface area (Å²) in [6.45, 7) is 7.91. The summed E-state index contributed by atoms with van der Waals surface area (Å²) in [6, 6.07) is 0. The van der Waals surface area contributed by atoms with Crippen LogP contribution in [0, 0.1) is 30.6 Å². The maximum absolute atomic E-state index is 12.8. The Hall–Kier alpha value is -2.15. The number of thiophene rings is 1. The van der Waals surface area contributed by atoms with E-state index in [4.69, 9.17) is 0 Å². The third-order valence-electron chi connectivity index (χ3n) is 6.01. The molecular weight excluding hydrogens is 364 g/mol. The molecule has 4 atom stereocenters. The van der Waals surface area contributed by atoms with Gasteiger partial charge in [0.15, 0.2) is 0 Å². The van der Waals surface area contributed by atoms with Crippen molar-refractivity contribution < 1.29 is 19.5 Å². The fraction of sp³-hybridized carbons (Fsp3) is 0.550. The Morgan fingerprint density at radius 3 is 2.33 bits per heavy atom. The number of nitrogens with one attached hydrogen (secondary N) is 2. The summed E-state index contributed by atoms with van der Waals surface area (Å²) in [4.78, 5) is 38.2. The predicted octanol–water partition coefficient (Wildman–Crippen LogP) is 3.07. The molecule has 0 spiro atoms. The second kappa shape index (κ2) is 7.46. The van der Waals surface area contributed by atoms with Crippen molar-refractivity contribution in [3.63, 3.8) is 0 Å². The van der Waals surface area contributed by atoms with Gasteiger partial charge in [0.1, 0.15) is 0 Å². The van der Waals surface area contributed by atoms with Gasteiger partial charge >= 0.3 is 5.97 Å². The smallest absolute Gasteiger partial charge is 0.307 e. The molecule has 3 rings (SSSR count). The van der Waals surface area contributed by atoms with Gasteiger partial charge < -0.3 is 5.11 Å². The van der Waals surface area contributed by atoms with Gasteiger partial charge in [-0.1, -0.05) is 18.1 Å².